The van der Waals surface area contributed by atoms with E-state index in [0.717, 1.165) is 24.0 Å². The van der Waals surface area contributed by atoms with Gasteiger partial charge in [-0.1, -0.05) is 6.07 Å². The molecule has 2 N–H and O–H groups in total. The molecular formula is C14H22N2O2S. The predicted octanol–water partition coefficient (Wildman–Crippen LogP) is 2.45. The molecule has 0 radical (unpaired) electrons. The highest BCUT2D eigenvalue weighted by atomic mass is 32.2. The molecule has 0 aromatic heterocycles. The van der Waals surface area contributed by atoms with Gasteiger partial charge < -0.3 is 5.73 Å². The zero-order valence-electron chi connectivity index (χ0n) is 12.0. The zero-order chi connectivity index (χ0) is 14.4. The Hall–Kier alpha value is -1.07. The number of aryl methyl sites for hydroxylation is 1. The van der Waals surface area contributed by atoms with E-state index in [4.69, 9.17) is 5.73 Å². The van der Waals surface area contributed by atoms with Crippen molar-refractivity contribution in [3.63, 3.8) is 0 Å². The highest BCUT2D eigenvalue weighted by molar-refractivity contribution is 7.89. The topological polar surface area (TPSA) is 63.4 Å². The second-order valence-corrected chi connectivity index (χ2v) is 7.72. The summed E-state index contributed by atoms with van der Waals surface area (Å²) in [5.74, 6) is 0. The fraction of sp³-hybridized carbons (Fsp3) is 0.571. The first-order chi connectivity index (χ1) is 8.68. The summed E-state index contributed by atoms with van der Waals surface area (Å²) in [7, 11) is -3.52. The van der Waals surface area contributed by atoms with Crippen LogP contribution in [0, 0.1) is 13.8 Å². The van der Waals surface area contributed by atoms with E-state index in [1.54, 1.807) is 10.4 Å². The third kappa shape index (κ3) is 2.25. The minimum absolute atomic E-state index is 0.280. The Kier molecular flexibility index (Phi) is 3.39. The number of hydrogen-bond donors (Lipinski definition) is 1. The molecule has 106 valence electrons. The Morgan fingerprint density at radius 1 is 1.26 bits per heavy atom. The lowest BCUT2D eigenvalue weighted by Crippen LogP contribution is -2.43. The maximum atomic E-state index is 12.9. The van der Waals surface area contributed by atoms with Gasteiger partial charge in [-0.25, -0.2) is 8.42 Å². The van der Waals surface area contributed by atoms with Gasteiger partial charge >= 0.3 is 0 Å². The van der Waals surface area contributed by atoms with Crippen LogP contribution in [0.4, 0.5) is 5.69 Å². The summed E-state index contributed by atoms with van der Waals surface area (Å²) in [6, 6.07) is 3.54. The lowest BCUT2D eigenvalue weighted by Gasteiger charge is -2.31. The number of benzene rings is 1. The van der Waals surface area contributed by atoms with Crippen LogP contribution in [0.25, 0.3) is 0 Å². The molecule has 1 aliphatic rings. The molecule has 1 saturated heterocycles. The predicted molar refractivity (Wildman–Crippen MR) is 77.5 cm³/mol. The van der Waals surface area contributed by atoms with Crippen molar-refractivity contribution in [2.24, 2.45) is 0 Å². The monoisotopic (exact) mass is 282 g/mol. The molecule has 0 saturated carbocycles. The third-order valence-electron chi connectivity index (χ3n) is 4.08. The van der Waals surface area contributed by atoms with E-state index in [0.29, 0.717) is 12.2 Å². The first kappa shape index (κ1) is 14.3. The molecule has 0 bridgehead atoms. The summed E-state index contributed by atoms with van der Waals surface area (Å²) in [5, 5.41) is 0. The van der Waals surface area contributed by atoms with Crippen LogP contribution in [0.2, 0.25) is 0 Å². The molecule has 0 aliphatic carbocycles. The van der Waals surface area contributed by atoms with Gasteiger partial charge in [-0.15, -0.1) is 0 Å². The number of nitrogen functional groups attached to an aromatic ring is 1. The first-order valence-electron chi connectivity index (χ1n) is 6.56. The van der Waals surface area contributed by atoms with Crippen LogP contribution in [0.3, 0.4) is 0 Å². The molecule has 0 amide bonds. The van der Waals surface area contributed by atoms with Crippen molar-refractivity contribution in [1.82, 2.24) is 4.31 Å². The molecule has 1 aromatic rings. The van der Waals surface area contributed by atoms with E-state index < -0.39 is 10.0 Å². The summed E-state index contributed by atoms with van der Waals surface area (Å²) in [6.07, 6.45) is 1.79. The average molecular weight is 282 g/mol. The Morgan fingerprint density at radius 2 is 1.89 bits per heavy atom. The molecule has 5 heteroatoms. The second-order valence-electron chi connectivity index (χ2n) is 5.92. The van der Waals surface area contributed by atoms with E-state index in [-0.39, 0.29) is 10.4 Å². The van der Waals surface area contributed by atoms with E-state index >= 15 is 0 Å². The van der Waals surface area contributed by atoms with Crippen molar-refractivity contribution in [2.75, 3.05) is 12.3 Å². The molecule has 0 spiro atoms. The second kappa shape index (κ2) is 4.49. The highest BCUT2D eigenvalue weighted by Gasteiger charge is 2.42. The van der Waals surface area contributed by atoms with Crippen LogP contribution in [0.1, 0.15) is 37.8 Å². The van der Waals surface area contributed by atoms with Gasteiger partial charge in [0, 0.05) is 12.1 Å². The summed E-state index contributed by atoms with van der Waals surface area (Å²) < 4.78 is 27.4. The number of nitrogens with two attached hydrogens (primary N) is 1. The van der Waals surface area contributed by atoms with E-state index in [9.17, 15) is 8.42 Å². The minimum Gasteiger partial charge on any atom is -0.398 e. The Morgan fingerprint density at radius 3 is 2.42 bits per heavy atom. The quantitative estimate of drug-likeness (QED) is 0.847. The average Bonchev–Trinajstić information content (AvgIpc) is 2.64. The zero-order valence-corrected chi connectivity index (χ0v) is 12.8. The normalized spacial score (nSPS) is 19.8. The summed E-state index contributed by atoms with van der Waals surface area (Å²) in [5.41, 5.74) is 7.63. The van der Waals surface area contributed by atoms with Gasteiger partial charge in [0.1, 0.15) is 4.90 Å². The Bertz CT molecular complexity index is 606. The molecule has 0 unspecified atom stereocenters. The van der Waals surface area contributed by atoms with Crippen molar-refractivity contribution in [1.29, 1.82) is 0 Å². The standard InChI is InChI=1S/C14H22N2O2S/c1-10-6-7-12(15)13(11(10)2)19(17,18)16-9-5-8-14(16,3)4/h6-7H,5,8-9,15H2,1-4H3. The molecule has 1 fully saturated rings. The van der Waals surface area contributed by atoms with E-state index in [1.807, 2.05) is 33.8 Å². The molecule has 4 nitrogen and oxygen atoms in total. The fourth-order valence-electron chi connectivity index (χ4n) is 2.79. The lowest BCUT2D eigenvalue weighted by molar-refractivity contribution is 0.291. The van der Waals surface area contributed by atoms with Gasteiger partial charge in [0.05, 0.1) is 5.69 Å². The molecule has 0 atom stereocenters. The van der Waals surface area contributed by atoms with Crippen LogP contribution in [-0.4, -0.2) is 24.8 Å². The van der Waals surface area contributed by atoms with Crippen LogP contribution in [-0.2, 0) is 10.0 Å². The molecule has 1 aliphatic heterocycles. The smallest absolute Gasteiger partial charge is 0.245 e. The van der Waals surface area contributed by atoms with Gasteiger partial charge in [0.15, 0.2) is 0 Å². The van der Waals surface area contributed by atoms with Gasteiger partial charge in [0.25, 0.3) is 0 Å². The number of anilines is 1. The van der Waals surface area contributed by atoms with Crippen LogP contribution < -0.4 is 5.73 Å². The van der Waals surface area contributed by atoms with Crippen molar-refractivity contribution in [3.05, 3.63) is 23.3 Å². The molecule has 1 aromatic carbocycles. The van der Waals surface area contributed by atoms with Crippen LogP contribution in [0.15, 0.2) is 17.0 Å². The maximum Gasteiger partial charge on any atom is 0.245 e. The van der Waals surface area contributed by atoms with Gasteiger partial charge in [-0.05, 0) is 57.7 Å². The summed E-state index contributed by atoms with van der Waals surface area (Å²) in [6.45, 7) is 8.24. The van der Waals surface area contributed by atoms with Crippen molar-refractivity contribution >= 4 is 15.7 Å². The first-order valence-corrected chi connectivity index (χ1v) is 8.00. The van der Waals surface area contributed by atoms with E-state index in [1.165, 1.54) is 0 Å². The molecule has 19 heavy (non-hydrogen) atoms. The molecule has 1 heterocycles. The maximum absolute atomic E-state index is 12.9. The van der Waals surface area contributed by atoms with Gasteiger partial charge in [-0.2, -0.15) is 4.31 Å². The number of sulfonamides is 1. The number of hydrogen-bond acceptors (Lipinski definition) is 3. The Labute approximate surface area is 115 Å². The molecule has 2 rings (SSSR count). The van der Waals surface area contributed by atoms with Crippen molar-refractivity contribution < 1.29 is 8.42 Å². The summed E-state index contributed by atoms with van der Waals surface area (Å²) >= 11 is 0. The molecular weight excluding hydrogens is 260 g/mol. The van der Waals surface area contributed by atoms with Crippen molar-refractivity contribution in [2.45, 2.75) is 51.0 Å². The van der Waals surface area contributed by atoms with E-state index in [2.05, 4.69) is 0 Å². The minimum atomic E-state index is -3.52. The van der Waals surface area contributed by atoms with Crippen LogP contribution in [0.5, 0.6) is 0 Å². The third-order valence-corrected chi connectivity index (χ3v) is 6.40. The largest absolute Gasteiger partial charge is 0.398 e. The summed E-state index contributed by atoms with van der Waals surface area (Å²) in [4.78, 5) is 0.280. The van der Waals surface area contributed by atoms with Gasteiger partial charge in [0.2, 0.25) is 10.0 Å². The lowest BCUT2D eigenvalue weighted by atomic mass is 10.0. The Balaban J connectivity index is 2.61. The number of nitrogens with zero attached hydrogens (tertiary/aromatic N) is 1. The van der Waals surface area contributed by atoms with Gasteiger partial charge in [-0.3, -0.25) is 0 Å². The SMILES string of the molecule is Cc1ccc(N)c(S(=O)(=O)N2CCCC2(C)C)c1C. The van der Waals surface area contributed by atoms with Crippen molar-refractivity contribution in [3.8, 4) is 0 Å². The highest BCUT2D eigenvalue weighted by Crippen LogP contribution is 2.37. The van der Waals surface area contributed by atoms with Crippen LogP contribution >= 0.6 is 0 Å². The number of rotatable bonds is 2. The fourth-order valence-corrected chi connectivity index (χ4v) is 5.04.